The Morgan fingerprint density at radius 2 is 2.25 bits per heavy atom. The second-order valence-corrected chi connectivity index (χ2v) is 6.37. The fourth-order valence-corrected chi connectivity index (χ4v) is 3.54. The quantitative estimate of drug-likeness (QED) is 0.765. The molecule has 1 aliphatic rings. The van der Waals surface area contributed by atoms with Crippen molar-refractivity contribution < 1.29 is 4.39 Å². The van der Waals surface area contributed by atoms with Gasteiger partial charge in [0.15, 0.2) is 0 Å². The smallest absolute Gasteiger partial charge is 0.125 e. The van der Waals surface area contributed by atoms with Crippen LogP contribution in [-0.2, 0) is 13.0 Å². The van der Waals surface area contributed by atoms with Gasteiger partial charge in [-0.2, -0.15) is 0 Å². The van der Waals surface area contributed by atoms with Crippen LogP contribution in [0.25, 0.3) is 11.0 Å². The van der Waals surface area contributed by atoms with E-state index in [4.69, 9.17) is 11.6 Å². The number of hydrogen-bond acceptors (Lipinski definition) is 1. The second kappa shape index (κ2) is 5.72. The molecule has 2 atom stereocenters. The Hall–Kier alpha value is -1.09. The van der Waals surface area contributed by atoms with E-state index in [1.54, 1.807) is 12.1 Å². The summed E-state index contributed by atoms with van der Waals surface area (Å²) in [6.07, 6.45) is 4.56. The summed E-state index contributed by atoms with van der Waals surface area (Å²) in [5, 5.41) is 0. The molecular weight excluding hydrogens is 275 g/mol. The number of hydrogen-bond donors (Lipinski definition) is 0. The van der Waals surface area contributed by atoms with Crippen molar-refractivity contribution in [1.29, 1.82) is 0 Å². The molecule has 2 aromatic rings. The van der Waals surface area contributed by atoms with Crippen LogP contribution in [-0.4, -0.2) is 15.4 Å². The monoisotopic (exact) mass is 294 g/mol. The second-order valence-electron chi connectivity index (χ2n) is 5.99. The summed E-state index contributed by atoms with van der Waals surface area (Å²) < 4.78 is 15.7. The van der Waals surface area contributed by atoms with Gasteiger partial charge in [-0.15, -0.1) is 11.6 Å². The van der Waals surface area contributed by atoms with Crippen LogP contribution in [0.1, 0.15) is 32.0 Å². The minimum absolute atomic E-state index is 0.198. The molecule has 2 unspecified atom stereocenters. The van der Waals surface area contributed by atoms with Gasteiger partial charge in [-0.3, -0.25) is 0 Å². The van der Waals surface area contributed by atoms with E-state index in [0.29, 0.717) is 11.8 Å². The summed E-state index contributed by atoms with van der Waals surface area (Å²) in [6.45, 7) is 3.25. The minimum atomic E-state index is -0.198. The largest absolute Gasteiger partial charge is 0.328 e. The molecule has 1 aliphatic carbocycles. The van der Waals surface area contributed by atoms with E-state index >= 15 is 0 Å². The van der Waals surface area contributed by atoms with Crippen LogP contribution in [0.4, 0.5) is 4.39 Å². The van der Waals surface area contributed by atoms with E-state index in [2.05, 4.69) is 16.5 Å². The summed E-state index contributed by atoms with van der Waals surface area (Å²) in [5.41, 5.74) is 1.78. The van der Waals surface area contributed by atoms with Crippen molar-refractivity contribution in [3.8, 4) is 0 Å². The summed E-state index contributed by atoms with van der Waals surface area (Å²) in [5.74, 6) is 2.83. The standard InChI is InChI=1S/C16H20ClFN2/c1-11-2-3-12(8-11)10-20-15-9-13(18)4-5-14(15)19-16(20)6-7-17/h4-5,9,11-12H,2-3,6-8,10H2,1H3. The van der Waals surface area contributed by atoms with Crippen LogP contribution in [0.3, 0.4) is 0 Å². The number of benzene rings is 1. The number of aromatic nitrogens is 2. The third-order valence-corrected chi connectivity index (χ3v) is 4.54. The van der Waals surface area contributed by atoms with Crippen molar-refractivity contribution in [2.75, 3.05) is 5.88 Å². The maximum Gasteiger partial charge on any atom is 0.125 e. The molecule has 1 aromatic heterocycles. The van der Waals surface area contributed by atoms with Crippen molar-refractivity contribution in [1.82, 2.24) is 9.55 Å². The fraction of sp³-hybridized carbons (Fsp3) is 0.562. The van der Waals surface area contributed by atoms with Gasteiger partial charge >= 0.3 is 0 Å². The highest BCUT2D eigenvalue weighted by molar-refractivity contribution is 6.17. The average molecular weight is 295 g/mol. The van der Waals surface area contributed by atoms with Crippen molar-refractivity contribution in [3.63, 3.8) is 0 Å². The van der Waals surface area contributed by atoms with Crippen LogP contribution in [0.5, 0.6) is 0 Å². The Kier molecular flexibility index (Phi) is 3.97. The number of halogens is 2. The normalized spacial score (nSPS) is 22.8. The molecule has 1 aromatic carbocycles. The number of nitrogens with zero attached hydrogens (tertiary/aromatic N) is 2. The molecule has 2 nitrogen and oxygen atoms in total. The summed E-state index contributed by atoms with van der Waals surface area (Å²) in [4.78, 5) is 4.62. The third kappa shape index (κ3) is 2.69. The Balaban J connectivity index is 1.97. The van der Waals surface area contributed by atoms with Crippen molar-refractivity contribution in [2.45, 2.75) is 39.2 Å². The van der Waals surface area contributed by atoms with E-state index in [9.17, 15) is 4.39 Å². The molecule has 20 heavy (non-hydrogen) atoms. The number of fused-ring (bicyclic) bond motifs is 1. The van der Waals surface area contributed by atoms with E-state index in [0.717, 1.165) is 35.7 Å². The lowest BCUT2D eigenvalue weighted by atomic mass is 10.1. The lowest BCUT2D eigenvalue weighted by Gasteiger charge is -2.14. The summed E-state index contributed by atoms with van der Waals surface area (Å²) in [6, 6.07) is 4.83. The molecule has 3 rings (SSSR count). The SMILES string of the molecule is CC1CCC(Cn2c(CCCl)nc3ccc(F)cc32)C1. The van der Waals surface area contributed by atoms with Gasteiger partial charge in [-0.1, -0.05) is 13.3 Å². The average Bonchev–Trinajstić information content (AvgIpc) is 2.96. The van der Waals surface area contributed by atoms with Crippen molar-refractivity contribution >= 4 is 22.6 Å². The van der Waals surface area contributed by atoms with Crippen LogP contribution in [0.15, 0.2) is 18.2 Å². The molecule has 0 spiro atoms. The van der Waals surface area contributed by atoms with Crippen LogP contribution >= 0.6 is 11.6 Å². The van der Waals surface area contributed by atoms with Gasteiger partial charge in [0.1, 0.15) is 11.6 Å². The maximum absolute atomic E-state index is 13.5. The fourth-order valence-electron chi connectivity index (χ4n) is 3.37. The lowest BCUT2D eigenvalue weighted by Crippen LogP contribution is -2.11. The Morgan fingerprint density at radius 1 is 1.40 bits per heavy atom. The lowest BCUT2D eigenvalue weighted by molar-refractivity contribution is 0.439. The molecule has 0 aliphatic heterocycles. The number of rotatable bonds is 4. The zero-order chi connectivity index (χ0) is 14.1. The van der Waals surface area contributed by atoms with Crippen molar-refractivity contribution in [2.24, 2.45) is 11.8 Å². The predicted octanol–water partition coefficient (Wildman–Crippen LogP) is 4.39. The van der Waals surface area contributed by atoms with E-state index in [1.807, 2.05) is 0 Å². The predicted molar refractivity (Wildman–Crippen MR) is 80.6 cm³/mol. The highest BCUT2D eigenvalue weighted by atomic mass is 35.5. The van der Waals surface area contributed by atoms with Gasteiger partial charge in [0.2, 0.25) is 0 Å². The van der Waals surface area contributed by atoms with Gasteiger partial charge < -0.3 is 4.57 Å². The number of aryl methyl sites for hydroxylation is 1. The van der Waals surface area contributed by atoms with Gasteiger partial charge in [0.05, 0.1) is 11.0 Å². The van der Waals surface area contributed by atoms with Crippen LogP contribution in [0.2, 0.25) is 0 Å². The molecule has 108 valence electrons. The molecular formula is C16H20ClFN2. The van der Waals surface area contributed by atoms with E-state index in [1.165, 1.54) is 25.3 Å². The molecule has 0 bridgehead atoms. The molecule has 0 saturated heterocycles. The third-order valence-electron chi connectivity index (χ3n) is 4.35. The van der Waals surface area contributed by atoms with E-state index in [-0.39, 0.29) is 5.82 Å². The maximum atomic E-state index is 13.5. The molecule has 0 N–H and O–H groups in total. The molecule has 0 radical (unpaired) electrons. The van der Waals surface area contributed by atoms with Gasteiger partial charge in [-0.25, -0.2) is 9.37 Å². The van der Waals surface area contributed by atoms with Crippen molar-refractivity contribution in [3.05, 3.63) is 29.8 Å². The Morgan fingerprint density at radius 3 is 2.95 bits per heavy atom. The highest BCUT2D eigenvalue weighted by Crippen LogP contribution is 2.32. The topological polar surface area (TPSA) is 17.8 Å². The minimum Gasteiger partial charge on any atom is -0.328 e. The zero-order valence-electron chi connectivity index (χ0n) is 11.8. The Bertz CT molecular complexity index is 608. The molecule has 0 amide bonds. The first-order valence-corrected chi connectivity index (χ1v) is 7.91. The van der Waals surface area contributed by atoms with Gasteiger partial charge in [0, 0.05) is 18.8 Å². The Labute approximate surface area is 123 Å². The molecule has 1 saturated carbocycles. The first-order chi connectivity index (χ1) is 9.67. The van der Waals surface area contributed by atoms with E-state index < -0.39 is 0 Å². The number of alkyl halides is 1. The van der Waals surface area contributed by atoms with Gasteiger partial charge in [-0.05, 0) is 42.9 Å². The van der Waals surface area contributed by atoms with Crippen LogP contribution in [0, 0.1) is 17.7 Å². The first-order valence-electron chi connectivity index (χ1n) is 7.38. The number of imidazole rings is 1. The highest BCUT2D eigenvalue weighted by Gasteiger charge is 2.23. The summed E-state index contributed by atoms with van der Waals surface area (Å²) in [7, 11) is 0. The first kappa shape index (κ1) is 13.9. The summed E-state index contributed by atoms with van der Waals surface area (Å²) >= 11 is 5.88. The van der Waals surface area contributed by atoms with Gasteiger partial charge in [0.25, 0.3) is 0 Å². The molecule has 1 heterocycles. The molecule has 4 heteroatoms. The molecule has 1 fully saturated rings. The zero-order valence-corrected chi connectivity index (χ0v) is 12.5. The van der Waals surface area contributed by atoms with Crippen LogP contribution < -0.4 is 0 Å².